The molecular formula is C8H12S2. The molecule has 2 heteroatoms. The summed E-state index contributed by atoms with van der Waals surface area (Å²) in [6, 6.07) is 4.24. The summed E-state index contributed by atoms with van der Waals surface area (Å²) in [6.07, 6.45) is 1.06. The molecule has 0 aliphatic carbocycles. The molecule has 0 aliphatic rings. The minimum atomic E-state index is 0.130. The Morgan fingerprint density at radius 1 is 1.60 bits per heavy atom. The van der Waals surface area contributed by atoms with Gasteiger partial charge in [-0.15, -0.1) is 11.3 Å². The second-order valence-electron chi connectivity index (χ2n) is 3.07. The van der Waals surface area contributed by atoms with Gasteiger partial charge in [0.2, 0.25) is 0 Å². The Kier molecular flexibility index (Phi) is 2.42. The molecule has 0 aliphatic heterocycles. The van der Waals surface area contributed by atoms with E-state index >= 15 is 0 Å². The van der Waals surface area contributed by atoms with E-state index in [-0.39, 0.29) is 4.75 Å². The van der Waals surface area contributed by atoms with Crippen molar-refractivity contribution < 1.29 is 0 Å². The lowest BCUT2D eigenvalue weighted by Gasteiger charge is -2.14. The highest BCUT2D eigenvalue weighted by Crippen LogP contribution is 2.21. The summed E-state index contributed by atoms with van der Waals surface area (Å²) in [5.41, 5.74) is 0. The SMILES string of the molecule is CC(C)(S)Cc1cccs1. The summed E-state index contributed by atoms with van der Waals surface area (Å²) >= 11 is 6.25. The van der Waals surface area contributed by atoms with Gasteiger partial charge in [0, 0.05) is 9.62 Å². The number of thiophene rings is 1. The Hall–Kier alpha value is 0.0500. The smallest absolute Gasteiger partial charge is 0.0121 e. The highest BCUT2D eigenvalue weighted by Gasteiger charge is 2.12. The highest BCUT2D eigenvalue weighted by molar-refractivity contribution is 7.81. The lowest BCUT2D eigenvalue weighted by Crippen LogP contribution is -2.12. The summed E-state index contributed by atoms with van der Waals surface area (Å²) < 4.78 is 0.130. The van der Waals surface area contributed by atoms with E-state index in [1.54, 1.807) is 11.3 Å². The molecule has 0 bridgehead atoms. The van der Waals surface area contributed by atoms with E-state index in [0.29, 0.717) is 0 Å². The van der Waals surface area contributed by atoms with Crippen LogP contribution in [-0.2, 0) is 6.42 Å². The Morgan fingerprint density at radius 3 is 2.70 bits per heavy atom. The zero-order chi connectivity index (χ0) is 7.61. The summed E-state index contributed by atoms with van der Waals surface area (Å²) in [6.45, 7) is 4.27. The van der Waals surface area contributed by atoms with Gasteiger partial charge in [0.05, 0.1) is 0 Å². The Labute approximate surface area is 71.7 Å². The van der Waals surface area contributed by atoms with Gasteiger partial charge in [-0.2, -0.15) is 12.6 Å². The van der Waals surface area contributed by atoms with Crippen molar-refractivity contribution in [2.75, 3.05) is 0 Å². The van der Waals surface area contributed by atoms with Gasteiger partial charge < -0.3 is 0 Å². The summed E-state index contributed by atoms with van der Waals surface area (Å²) in [5.74, 6) is 0. The normalized spacial score (nSPS) is 11.9. The molecule has 1 aromatic heterocycles. The van der Waals surface area contributed by atoms with Crippen LogP contribution in [0.3, 0.4) is 0 Å². The minimum absolute atomic E-state index is 0.130. The van der Waals surface area contributed by atoms with Gasteiger partial charge >= 0.3 is 0 Å². The minimum Gasteiger partial charge on any atom is -0.173 e. The molecular weight excluding hydrogens is 160 g/mol. The largest absolute Gasteiger partial charge is 0.173 e. The predicted octanol–water partition coefficient (Wildman–Crippen LogP) is 3.00. The Balaban J connectivity index is 2.57. The van der Waals surface area contributed by atoms with Crippen molar-refractivity contribution in [3.63, 3.8) is 0 Å². The first-order valence-corrected chi connectivity index (χ1v) is 4.65. The van der Waals surface area contributed by atoms with Crippen molar-refractivity contribution in [3.05, 3.63) is 22.4 Å². The molecule has 0 amide bonds. The summed E-state index contributed by atoms with van der Waals surface area (Å²) in [4.78, 5) is 1.42. The van der Waals surface area contributed by atoms with Gasteiger partial charge in [-0.1, -0.05) is 19.9 Å². The van der Waals surface area contributed by atoms with Gasteiger partial charge in [-0.25, -0.2) is 0 Å². The van der Waals surface area contributed by atoms with E-state index in [1.165, 1.54) is 4.88 Å². The van der Waals surface area contributed by atoms with Crippen LogP contribution in [0.5, 0.6) is 0 Å². The molecule has 1 rings (SSSR count). The standard InChI is InChI=1S/C8H12S2/c1-8(2,9)6-7-4-3-5-10-7/h3-5,9H,6H2,1-2H3. The molecule has 0 saturated heterocycles. The van der Waals surface area contributed by atoms with Gasteiger partial charge in [0.1, 0.15) is 0 Å². The van der Waals surface area contributed by atoms with Crippen LogP contribution in [0.25, 0.3) is 0 Å². The molecule has 0 spiro atoms. The molecule has 56 valence electrons. The third-order valence-electron chi connectivity index (χ3n) is 1.19. The zero-order valence-electron chi connectivity index (χ0n) is 6.29. The van der Waals surface area contributed by atoms with Crippen LogP contribution in [0.15, 0.2) is 17.5 Å². The van der Waals surface area contributed by atoms with Crippen LogP contribution in [-0.4, -0.2) is 4.75 Å². The molecule has 0 radical (unpaired) electrons. The lowest BCUT2D eigenvalue weighted by molar-refractivity contribution is 0.723. The fourth-order valence-electron chi connectivity index (χ4n) is 0.840. The second-order valence-corrected chi connectivity index (χ2v) is 5.31. The zero-order valence-corrected chi connectivity index (χ0v) is 8.01. The summed E-state index contributed by atoms with van der Waals surface area (Å²) in [5, 5.41) is 2.11. The number of thiol groups is 1. The molecule has 0 fully saturated rings. The molecule has 1 aromatic rings. The number of rotatable bonds is 2. The first kappa shape index (κ1) is 8.15. The topological polar surface area (TPSA) is 0 Å². The van der Waals surface area contributed by atoms with Crippen molar-refractivity contribution in [1.29, 1.82) is 0 Å². The van der Waals surface area contributed by atoms with E-state index in [4.69, 9.17) is 0 Å². The van der Waals surface area contributed by atoms with Crippen LogP contribution in [0, 0.1) is 0 Å². The molecule has 0 saturated carbocycles. The molecule has 0 unspecified atom stereocenters. The Bertz CT molecular complexity index is 182. The maximum absolute atomic E-state index is 4.45. The average Bonchev–Trinajstić information content (AvgIpc) is 2.12. The van der Waals surface area contributed by atoms with Gasteiger partial charge in [0.15, 0.2) is 0 Å². The van der Waals surface area contributed by atoms with E-state index in [9.17, 15) is 0 Å². The molecule has 1 heterocycles. The van der Waals surface area contributed by atoms with Crippen LogP contribution < -0.4 is 0 Å². The first-order valence-electron chi connectivity index (χ1n) is 3.33. The van der Waals surface area contributed by atoms with Gasteiger partial charge in [-0.05, 0) is 17.9 Å². The van der Waals surface area contributed by atoms with Crippen LogP contribution in [0.2, 0.25) is 0 Å². The van der Waals surface area contributed by atoms with Crippen molar-refractivity contribution in [2.24, 2.45) is 0 Å². The lowest BCUT2D eigenvalue weighted by atomic mass is 10.1. The van der Waals surface area contributed by atoms with Crippen LogP contribution in [0.4, 0.5) is 0 Å². The van der Waals surface area contributed by atoms with Crippen molar-refractivity contribution >= 4 is 24.0 Å². The van der Waals surface area contributed by atoms with Crippen molar-refractivity contribution in [3.8, 4) is 0 Å². The van der Waals surface area contributed by atoms with E-state index in [2.05, 4.69) is 44.0 Å². The maximum atomic E-state index is 4.45. The summed E-state index contributed by atoms with van der Waals surface area (Å²) in [7, 11) is 0. The van der Waals surface area contributed by atoms with E-state index in [1.807, 2.05) is 0 Å². The van der Waals surface area contributed by atoms with Crippen molar-refractivity contribution in [2.45, 2.75) is 25.0 Å². The van der Waals surface area contributed by atoms with Crippen LogP contribution in [0.1, 0.15) is 18.7 Å². The van der Waals surface area contributed by atoms with E-state index in [0.717, 1.165) is 6.42 Å². The predicted molar refractivity (Wildman–Crippen MR) is 51.1 cm³/mol. The molecule has 0 nitrogen and oxygen atoms in total. The number of hydrogen-bond donors (Lipinski definition) is 1. The fourth-order valence-corrected chi connectivity index (χ4v) is 2.05. The monoisotopic (exact) mass is 172 g/mol. The van der Waals surface area contributed by atoms with E-state index < -0.39 is 0 Å². The van der Waals surface area contributed by atoms with Gasteiger partial charge in [-0.3, -0.25) is 0 Å². The highest BCUT2D eigenvalue weighted by atomic mass is 32.1. The van der Waals surface area contributed by atoms with Crippen LogP contribution >= 0.6 is 24.0 Å². The second kappa shape index (κ2) is 2.97. The fraction of sp³-hybridized carbons (Fsp3) is 0.500. The first-order chi connectivity index (χ1) is 4.58. The molecule has 0 N–H and O–H groups in total. The third kappa shape index (κ3) is 2.76. The van der Waals surface area contributed by atoms with Crippen molar-refractivity contribution in [1.82, 2.24) is 0 Å². The quantitative estimate of drug-likeness (QED) is 0.651. The maximum Gasteiger partial charge on any atom is 0.0121 e. The molecule has 0 atom stereocenters. The number of hydrogen-bond acceptors (Lipinski definition) is 2. The average molecular weight is 172 g/mol. The molecule has 10 heavy (non-hydrogen) atoms. The Morgan fingerprint density at radius 2 is 2.30 bits per heavy atom. The third-order valence-corrected chi connectivity index (χ3v) is 2.22. The molecule has 0 aromatic carbocycles. The van der Waals surface area contributed by atoms with Gasteiger partial charge in [0.25, 0.3) is 0 Å².